The monoisotopic (exact) mass is 250 g/mol. The lowest BCUT2D eigenvalue weighted by Gasteiger charge is -2.14. The van der Waals surface area contributed by atoms with Gasteiger partial charge in [0.2, 0.25) is 0 Å². The third kappa shape index (κ3) is 3.50. The third-order valence-electron chi connectivity index (χ3n) is 3.20. The molecule has 1 aromatic rings. The van der Waals surface area contributed by atoms with Gasteiger partial charge >= 0.3 is 5.97 Å². The van der Waals surface area contributed by atoms with Crippen molar-refractivity contribution in [1.82, 2.24) is 0 Å². The normalized spacial score (nSPS) is 16.8. The minimum atomic E-state index is -0.686. The Morgan fingerprint density at radius 2 is 2.06 bits per heavy atom. The van der Waals surface area contributed by atoms with Gasteiger partial charge in [-0.3, -0.25) is 4.79 Å². The van der Waals surface area contributed by atoms with Crippen molar-refractivity contribution in [3.63, 3.8) is 0 Å². The molecule has 17 heavy (non-hydrogen) atoms. The zero-order valence-corrected chi connectivity index (χ0v) is 10.9. The van der Waals surface area contributed by atoms with E-state index in [0.29, 0.717) is 5.92 Å². The average Bonchev–Trinajstić information content (AvgIpc) is 3.11. The third-order valence-corrected chi connectivity index (χ3v) is 4.10. The van der Waals surface area contributed by atoms with Crippen LogP contribution in [-0.4, -0.2) is 16.8 Å². The molecule has 2 rings (SSSR count). The number of aliphatic carboxylic acids is 1. The summed E-state index contributed by atoms with van der Waals surface area (Å²) in [5.41, 5.74) is 1.19. The Balaban J connectivity index is 2.09. The summed E-state index contributed by atoms with van der Waals surface area (Å²) >= 11 is 1.82. The Hall–Kier alpha value is -0.960. The van der Waals surface area contributed by atoms with Crippen molar-refractivity contribution in [1.29, 1.82) is 0 Å². The average molecular weight is 250 g/mol. The molecule has 0 aliphatic heterocycles. The Morgan fingerprint density at radius 3 is 2.53 bits per heavy atom. The van der Waals surface area contributed by atoms with Crippen LogP contribution in [0.25, 0.3) is 0 Å². The number of rotatable bonds is 6. The lowest BCUT2D eigenvalue weighted by molar-refractivity contribution is -0.137. The molecule has 0 aromatic heterocycles. The van der Waals surface area contributed by atoms with Gasteiger partial charge in [-0.1, -0.05) is 19.1 Å². The van der Waals surface area contributed by atoms with Crippen LogP contribution in [0.4, 0.5) is 0 Å². The molecule has 0 spiro atoms. The summed E-state index contributed by atoms with van der Waals surface area (Å²) in [6.45, 7) is 2.13. The highest BCUT2D eigenvalue weighted by Gasteiger charge is 2.33. The molecule has 1 unspecified atom stereocenters. The maximum atomic E-state index is 10.9. The maximum Gasteiger partial charge on any atom is 0.303 e. The summed E-state index contributed by atoms with van der Waals surface area (Å²) in [7, 11) is 0. The van der Waals surface area contributed by atoms with E-state index in [1.54, 1.807) is 0 Å². The SMILES string of the molecule is CCSc1ccc(C(CC(=O)O)C2CC2)cc1. The first-order valence-corrected chi connectivity index (χ1v) is 7.13. The van der Waals surface area contributed by atoms with Crippen molar-refractivity contribution >= 4 is 17.7 Å². The van der Waals surface area contributed by atoms with Gasteiger partial charge in [-0.15, -0.1) is 11.8 Å². The fourth-order valence-corrected chi connectivity index (χ4v) is 2.88. The van der Waals surface area contributed by atoms with Crippen molar-refractivity contribution in [3.8, 4) is 0 Å². The maximum absolute atomic E-state index is 10.9. The van der Waals surface area contributed by atoms with E-state index < -0.39 is 5.97 Å². The lowest BCUT2D eigenvalue weighted by Crippen LogP contribution is -2.08. The molecule has 1 N–H and O–H groups in total. The first-order valence-electron chi connectivity index (χ1n) is 6.15. The number of thioether (sulfide) groups is 1. The quantitative estimate of drug-likeness (QED) is 0.781. The highest BCUT2D eigenvalue weighted by Crippen LogP contribution is 2.44. The Labute approximate surface area is 106 Å². The summed E-state index contributed by atoms with van der Waals surface area (Å²) in [5, 5.41) is 8.96. The topological polar surface area (TPSA) is 37.3 Å². The van der Waals surface area contributed by atoms with Crippen molar-refractivity contribution in [2.75, 3.05) is 5.75 Å². The van der Waals surface area contributed by atoms with Gasteiger partial charge in [-0.2, -0.15) is 0 Å². The van der Waals surface area contributed by atoms with Gasteiger partial charge in [0.15, 0.2) is 0 Å². The molecular weight excluding hydrogens is 232 g/mol. The zero-order valence-electron chi connectivity index (χ0n) is 10.1. The molecule has 1 fully saturated rings. The number of carboxylic acids is 1. The van der Waals surface area contributed by atoms with E-state index in [0.717, 1.165) is 5.75 Å². The van der Waals surface area contributed by atoms with Crippen LogP contribution in [-0.2, 0) is 4.79 Å². The van der Waals surface area contributed by atoms with E-state index in [1.165, 1.54) is 23.3 Å². The summed E-state index contributed by atoms with van der Waals surface area (Å²) in [4.78, 5) is 12.1. The fraction of sp³-hybridized carbons (Fsp3) is 0.500. The van der Waals surface area contributed by atoms with E-state index in [9.17, 15) is 4.79 Å². The van der Waals surface area contributed by atoms with Crippen LogP contribution in [0.5, 0.6) is 0 Å². The minimum Gasteiger partial charge on any atom is -0.481 e. The van der Waals surface area contributed by atoms with Crippen LogP contribution in [0, 0.1) is 5.92 Å². The Morgan fingerprint density at radius 1 is 1.41 bits per heavy atom. The van der Waals surface area contributed by atoms with Crippen molar-refractivity contribution in [3.05, 3.63) is 29.8 Å². The van der Waals surface area contributed by atoms with Crippen LogP contribution >= 0.6 is 11.8 Å². The van der Waals surface area contributed by atoms with Crippen molar-refractivity contribution in [2.24, 2.45) is 5.92 Å². The van der Waals surface area contributed by atoms with Gasteiger partial charge in [0.05, 0.1) is 6.42 Å². The molecule has 0 amide bonds. The number of hydrogen-bond acceptors (Lipinski definition) is 2. The molecule has 92 valence electrons. The molecule has 1 atom stereocenters. The highest BCUT2D eigenvalue weighted by atomic mass is 32.2. The number of carboxylic acid groups (broad SMARTS) is 1. The molecule has 1 aromatic carbocycles. The second-order valence-corrected chi connectivity index (χ2v) is 5.88. The van der Waals surface area contributed by atoms with Crippen LogP contribution < -0.4 is 0 Å². The van der Waals surface area contributed by atoms with Gasteiger partial charge in [0.1, 0.15) is 0 Å². The van der Waals surface area contributed by atoms with Gasteiger partial charge in [0.25, 0.3) is 0 Å². The van der Waals surface area contributed by atoms with Gasteiger partial charge in [-0.05, 0) is 48.1 Å². The van der Waals surface area contributed by atoms with E-state index in [-0.39, 0.29) is 12.3 Å². The molecule has 3 heteroatoms. The van der Waals surface area contributed by atoms with Crippen molar-refractivity contribution in [2.45, 2.75) is 37.0 Å². The number of benzene rings is 1. The van der Waals surface area contributed by atoms with Gasteiger partial charge < -0.3 is 5.11 Å². The van der Waals surface area contributed by atoms with Crippen LogP contribution in [0.2, 0.25) is 0 Å². The Kier molecular flexibility index (Phi) is 4.11. The second-order valence-electron chi connectivity index (χ2n) is 4.54. The van der Waals surface area contributed by atoms with E-state index in [1.807, 2.05) is 11.8 Å². The predicted molar refractivity (Wildman–Crippen MR) is 70.6 cm³/mol. The second kappa shape index (κ2) is 5.58. The van der Waals surface area contributed by atoms with Gasteiger partial charge in [-0.25, -0.2) is 0 Å². The van der Waals surface area contributed by atoms with Crippen LogP contribution in [0.15, 0.2) is 29.2 Å². The summed E-state index contributed by atoms with van der Waals surface area (Å²) in [6, 6.07) is 8.43. The summed E-state index contributed by atoms with van der Waals surface area (Å²) in [5.74, 6) is 1.19. The molecule has 1 aliphatic carbocycles. The first kappa shape index (κ1) is 12.5. The fourth-order valence-electron chi connectivity index (χ4n) is 2.22. The van der Waals surface area contributed by atoms with Crippen LogP contribution in [0.3, 0.4) is 0 Å². The standard InChI is InChI=1S/C14H18O2S/c1-2-17-12-7-5-11(6-8-12)13(9-14(15)16)10-3-4-10/h5-8,10,13H,2-4,9H2,1H3,(H,15,16). The summed E-state index contributed by atoms with van der Waals surface area (Å²) in [6.07, 6.45) is 2.64. The molecule has 1 saturated carbocycles. The zero-order chi connectivity index (χ0) is 12.3. The molecular formula is C14H18O2S. The van der Waals surface area contributed by atoms with E-state index >= 15 is 0 Å². The Bertz CT molecular complexity index is 382. The largest absolute Gasteiger partial charge is 0.481 e. The number of hydrogen-bond donors (Lipinski definition) is 1. The molecule has 2 nitrogen and oxygen atoms in total. The van der Waals surface area contributed by atoms with Crippen LogP contribution in [0.1, 0.15) is 37.7 Å². The highest BCUT2D eigenvalue weighted by molar-refractivity contribution is 7.99. The molecule has 0 radical (unpaired) electrons. The molecule has 0 bridgehead atoms. The lowest BCUT2D eigenvalue weighted by atomic mass is 9.91. The van der Waals surface area contributed by atoms with Gasteiger partial charge in [0, 0.05) is 4.90 Å². The molecule has 0 saturated heterocycles. The smallest absolute Gasteiger partial charge is 0.303 e. The molecule has 1 aliphatic rings. The van der Waals surface area contributed by atoms with E-state index in [2.05, 4.69) is 31.2 Å². The molecule has 0 heterocycles. The summed E-state index contributed by atoms with van der Waals surface area (Å²) < 4.78 is 0. The number of carbonyl (C=O) groups is 1. The van der Waals surface area contributed by atoms with E-state index in [4.69, 9.17) is 5.11 Å². The van der Waals surface area contributed by atoms with Crippen molar-refractivity contribution < 1.29 is 9.90 Å². The first-order chi connectivity index (χ1) is 8.20. The minimum absolute atomic E-state index is 0.216. The predicted octanol–water partition coefficient (Wildman–Crippen LogP) is 3.77.